The fraction of sp³-hybridized carbons (Fsp3) is 0.500. The Morgan fingerprint density at radius 2 is 2.12 bits per heavy atom. The van der Waals surface area contributed by atoms with Crippen LogP contribution in [0, 0.1) is 10.5 Å². The Balaban J connectivity index is 2.18. The topological polar surface area (TPSA) is 30.2 Å². The monoisotopic (exact) mass is 361 g/mol. The first kappa shape index (κ1) is 11.7. The summed E-state index contributed by atoms with van der Waals surface area (Å²) in [4.78, 5) is 4.75. The van der Waals surface area contributed by atoms with Gasteiger partial charge in [0.2, 0.25) is 0 Å². The fourth-order valence-corrected chi connectivity index (χ4v) is 3.20. The van der Waals surface area contributed by atoms with Gasteiger partial charge in [0.25, 0.3) is 0 Å². The Bertz CT molecular complexity index is 573. The molecule has 2 aromatic rings. The lowest BCUT2D eigenvalue weighted by atomic mass is 10.0. The third-order valence-corrected chi connectivity index (χ3v) is 4.97. The van der Waals surface area contributed by atoms with E-state index in [1.807, 2.05) is 13.0 Å². The van der Waals surface area contributed by atoms with E-state index in [9.17, 15) is 0 Å². The number of nitrogens with zero attached hydrogens (tertiary/aromatic N) is 3. The van der Waals surface area contributed by atoms with E-state index in [-0.39, 0.29) is 0 Å². The van der Waals surface area contributed by atoms with Gasteiger partial charge in [-0.2, -0.15) is 5.10 Å². The lowest BCUT2D eigenvalue weighted by molar-refractivity contribution is 0.694. The van der Waals surface area contributed by atoms with E-state index >= 15 is 0 Å². The molecule has 0 radical (unpaired) electrons. The summed E-state index contributed by atoms with van der Waals surface area (Å²) in [6.07, 6.45) is 5.10. The van der Waals surface area contributed by atoms with Gasteiger partial charge in [-0.1, -0.05) is 24.4 Å². The maximum atomic E-state index is 6.28. The standard InChI is InChI=1S/C12H13ClIN3/c1-7-11(14)12-15-9(8-4-2-3-5-8)6-10(13)17(12)16-7/h6,8H,2-5H2,1H3. The maximum Gasteiger partial charge on any atom is 0.170 e. The van der Waals surface area contributed by atoms with Crippen molar-refractivity contribution in [2.75, 3.05) is 0 Å². The Kier molecular flexibility index (Phi) is 3.02. The number of hydrogen-bond acceptors (Lipinski definition) is 2. The van der Waals surface area contributed by atoms with Gasteiger partial charge in [-0.15, -0.1) is 0 Å². The summed E-state index contributed by atoms with van der Waals surface area (Å²) in [5, 5.41) is 5.06. The molecule has 0 aromatic carbocycles. The molecule has 1 aliphatic carbocycles. The normalized spacial score (nSPS) is 17.1. The van der Waals surface area contributed by atoms with Gasteiger partial charge >= 0.3 is 0 Å². The molecule has 90 valence electrons. The Morgan fingerprint density at radius 1 is 1.41 bits per heavy atom. The lowest BCUT2D eigenvalue weighted by Gasteiger charge is -2.09. The van der Waals surface area contributed by atoms with E-state index in [4.69, 9.17) is 16.6 Å². The first-order valence-corrected chi connectivity index (χ1v) is 7.34. The van der Waals surface area contributed by atoms with E-state index in [1.54, 1.807) is 4.52 Å². The molecule has 2 aromatic heterocycles. The van der Waals surface area contributed by atoms with Crippen LogP contribution in [0.15, 0.2) is 6.07 Å². The van der Waals surface area contributed by atoms with Crippen molar-refractivity contribution in [2.45, 2.75) is 38.5 Å². The highest BCUT2D eigenvalue weighted by molar-refractivity contribution is 14.1. The summed E-state index contributed by atoms with van der Waals surface area (Å²) in [6.45, 7) is 1.99. The van der Waals surface area contributed by atoms with Gasteiger partial charge in [0.15, 0.2) is 5.65 Å². The molecule has 3 rings (SSSR count). The van der Waals surface area contributed by atoms with Crippen LogP contribution in [0.1, 0.15) is 43.0 Å². The summed E-state index contributed by atoms with van der Waals surface area (Å²) in [7, 11) is 0. The van der Waals surface area contributed by atoms with E-state index in [0.29, 0.717) is 11.1 Å². The molecule has 0 atom stereocenters. The second kappa shape index (κ2) is 4.39. The summed E-state index contributed by atoms with van der Waals surface area (Å²) >= 11 is 8.57. The van der Waals surface area contributed by atoms with Gasteiger partial charge in [0.05, 0.1) is 9.26 Å². The Hall–Kier alpha value is -0.360. The van der Waals surface area contributed by atoms with Crippen LogP contribution in [-0.2, 0) is 0 Å². The SMILES string of the molecule is Cc1nn2c(Cl)cc(C3CCCC3)nc2c1I. The zero-order chi connectivity index (χ0) is 12.0. The van der Waals surface area contributed by atoms with Crippen LogP contribution in [0.5, 0.6) is 0 Å². The minimum Gasteiger partial charge on any atom is -0.232 e. The summed E-state index contributed by atoms with van der Waals surface area (Å²) < 4.78 is 2.83. The van der Waals surface area contributed by atoms with Gasteiger partial charge < -0.3 is 0 Å². The largest absolute Gasteiger partial charge is 0.232 e. The lowest BCUT2D eigenvalue weighted by Crippen LogP contribution is -2.01. The first-order valence-electron chi connectivity index (χ1n) is 5.88. The third kappa shape index (κ3) is 1.95. The molecule has 0 spiro atoms. The molecule has 0 bridgehead atoms. The molecule has 1 saturated carbocycles. The minimum absolute atomic E-state index is 0.587. The fourth-order valence-electron chi connectivity index (χ4n) is 2.51. The molecule has 5 heteroatoms. The maximum absolute atomic E-state index is 6.28. The number of hydrogen-bond donors (Lipinski definition) is 0. The predicted molar refractivity (Wildman–Crippen MR) is 76.7 cm³/mol. The number of aryl methyl sites for hydroxylation is 1. The van der Waals surface area contributed by atoms with Gasteiger partial charge in [-0.3, -0.25) is 0 Å². The van der Waals surface area contributed by atoms with Crippen molar-refractivity contribution in [2.24, 2.45) is 0 Å². The number of aromatic nitrogens is 3. The second-order valence-electron chi connectivity index (χ2n) is 4.62. The van der Waals surface area contributed by atoms with Crippen LogP contribution in [0.4, 0.5) is 0 Å². The highest BCUT2D eigenvalue weighted by atomic mass is 127. The summed E-state index contributed by atoms with van der Waals surface area (Å²) in [6, 6.07) is 1.98. The van der Waals surface area contributed by atoms with Crippen LogP contribution in [0.3, 0.4) is 0 Å². The second-order valence-corrected chi connectivity index (χ2v) is 6.09. The Labute approximate surface area is 119 Å². The molecule has 17 heavy (non-hydrogen) atoms. The van der Waals surface area contributed by atoms with Crippen molar-refractivity contribution in [3.63, 3.8) is 0 Å². The van der Waals surface area contributed by atoms with Crippen LogP contribution in [0.2, 0.25) is 5.15 Å². The van der Waals surface area contributed by atoms with Gasteiger partial charge in [-0.05, 0) is 48.4 Å². The molecule has 3 nitrogen and oxygen atoms in total. The highest BCUT2D eigenvalue weighted by Crippen LogP contribution is 2.34. The van der Waals surface area contributed by atoms with Crippen molar-refractivity contribution >= 4 is 39.8 Å². The number of halogens is 2. The third-order valence-electron chi connectivity index (χ3n) is 3.44. The minimum atomic E-state index is 0.587. The first-order chi connectivity index (χ1) is 8.16. The molecule has 0 unspecified atom stereocenters. The average Bonchev–Trinajstić information content (AvgIpc) is 2.91. The quantitative estimate of drug-likeness (QED) is 0.568. The van der Waals surface area contributed by atoms with E-state index in [0.717, 1.165) is 20.6 Å². The van der Waals surface area contributed by atoms with Crippen LogP contribution in [0.25, 0.3) is 5.65 Å². The molecule has 1 aliphatic rings. The van der Waals surface area contributed by atoms with Crippen molar-refractivity contribution < 1.29 is 0 Å². The average molecular weight is 362 g/mol. The van der Waals surface area contributed by atoms with Gasteiger partial charge in [-0.25, -0.2) is 9.50 Å². The molecule has 0 aliphatic heterocycles. The van der Waals surface area contributed by atoms with Gasteiger partial charge in [0, 0.05) is 11.6 Å². The number of rotatable bonds is 1. The molecular weight excluding hydrogens is 349 g/mol. The van der Waals surface area contributed by atoms with E-state index in [2.05, 4.69) is 27.7 Å². The van der Waals surface area contributed by atoms with Crippen LogP contribution < -0.4 is 0 Å². The van der Waals surface area contributed by atoms with Gasteiger partial charge in [0.1, 0.15) is 5.15 Å². The predicted octanol–water partition coefficient (Wildman–Crippen LogP) is 3.95. The van der Waals surface area contributed by atoms with Crippen LogP contribution in [-0.4, -0.2) is 14.6 Å². The summed E-state index contributed by atoms with van der Waals surface area (Å²) in [5.41, 5.74) is 3.03. The molecular formula is C12H13ClIN3. The Morgan fingerprint density at radius 3 is 2.82 bits per heavy atom. The van der Waals surface area contributed by atoms with Crippen LogP contribution >= 0.6 is 34.2 Å². The molecule has 2 heterocycles. The van der Waals surface area contributed by atoms with Crippen molar-refractivity contribution in [1.82, 2.24) is 14.6 Å². The van der Waals surface area contributed by atoms with E-state index < -0.39 is 0 Å². The van der Waals surface area contributed by atoms with Crippen molar-refractivity contribution in [1.29, 1.82) is 0 Å². The van der Waals surface area contributed by atoms with E-state index in [1.165, 1.54) is 25.7 Å². The molecule has 1 fully saturated rings. The smallest absolute Gasteiger partial charge is 0.170 e. The highest BCUT2D eigenvalue weighted by Gasteiger charge is 2.21. The van der Waals surface area contributed by atoms with Crippen molar-refractivity contribution in [3.05, 3.63) is 26.2 Å². The summed E-state index contributed by atoms with van der Waals surface area (Å²) in [5.74, 6) is 0.587. The molecule has 0 saturated heterocycles. The number of fused-ring (bicyclic) bond motifs is 1. The molecule has 0 amide bonds. The van der Waals surface area contributed by atoms with Crippen molar-refractivity contribution in [3.8, 4) is 0 Å². The molecule has 0 N–H and O–H groups in total. The zero-order valence-electron chi connectivity index (χ0n) is 9.58. The zero-order valence-corrected chi connectivity index (χ0v) is 12.5.